The molecule has 0 aromatic heterocycles. The van der Waals surface area contributed by atoms with Crippen molar-refractivity contribution in [3.63, 3.8) is 0 Å². The lowest BCUT2D eigenvalue weighted by Crippen LogP contribution is -2.49. The highest BCUT2D eigenvalue weighted by atomic mass is 79.9. The average Bonchev–Trinajstić information content (AvgIpc) is 2.47. The third-order valence-electron chi connectivity index (χ3n) is 3.62. The van der Waals surface area contributed by atoms with Gasteiger partial charge in [-0.15, -0.1) is 0 Å². The smallest absolute Gasteiger partial charge is 0.237 e. The number of methoxy groups -OCH3 is 1. The lowest BCUT2D eigenvalue weighted by molar-refractivity contribution is -0.126. The highest BCUT2D eigenvalue weighted by molar-refractivity contribution is 9.10. The van der Waals surface area contributed by atoms with E-state index in [0.29, 0.717) is 37.5 Å². The molecule has 1 aliphatic heterocycles. The number of hydrogen-bond donors (Lipinski definition) is 2. The Morgan fingerprint density at radius 3 is 2.67 bits per heavy atom. The second-order valence-electron chi connectivity index (χ2n) is 4.89. The fourth-order valence-corrected chi connectivity index (χ4v) is 3.08. The lowest BCUT2D eigenvalue weighted by Gasteiger charge is -2.34. The maximum absolute atomic E-state index is 12.7. The van der Waals surface area contributed by atoms with Crippen molar-refractivity contribution < 1.29 is 14.3 Å². The highest BCUT2D eigenvalue weighted by Gasteiger charge is 2.43. The molecule has 7 heteroatoms. The van der Waals surface area contributed by atoms with Crippen LogP contribution in [0, 0.1) is 5.41 Å². The maximum Gasteiger partial charge on any atom is 0.237 e. The quantitative estimate of drug-likeness (QED) is 0.794. The van der Waals surface area contributed by atoms with Gasteiger partial charge in [-0.1, -0.05) is 28.1 Å². The van der Waals surface area contributed by atoms with E-state index in [4.69, 9.17) is 27.4 Å². The Morgan fingerprint density at radius 2 is 2.10 bits per heavy atom. The summed E-state index contributed by atoms with van der Waals surface area (Å²) in [5, 5.41) is 2.88. The number of nitrogens with one attached hydrogen (secondary N) is 1. The summed E-state index contributed by atoms with van der Waals surface area (Å²) in [6, 6.07) is 5.36. The van der Waals surface area contributed by atoms with Crippen LogP contribution in [0.1, 0.15) is 12.8 Å². The van der Waals surface area contributed by atoms with E-state index in [-0.39, 0.29) is 10.9 Å². The molecule has 1 saturated heterocycles. The van der Waals surface area contributed by atoms with Crippen molar-refractivity contribution in [3.05, 3.63) is 22.7 Å². The van der Waals surface area contributed by atoms with Crippen LogP contribution in [-0.2, 0) is 9.53 Å². The van der Waals surface area contributed by atoms with Gasteiger partial charge in [-0.2, -0.15) is 0 Å². The largest absolute Gasteiger partial charge is 0.497 e. The molecule has 0 bridgehead atoms. The lowest BCUT2D eigenvalue weighted by atomic mass is 9.79. The monoisotopic (exact) mass is 372 g/mol. The van der Waals surface area contributed by atoms with Crippen LogP contribution < -0.4 is 15.8 Å². The molecule has 0 spiro atoms. The Kier molecular flexibility index (Phi) is 5.18. The summed E-state index contributed by atoms with van der Waals surface area (Å²) >= 11 is 8.50. The molecule has 0 unspecified atom stereocenters. The molecule has 1 aromatic rings. The molecule has 21 heavy (non-hydrogen) atoms. The van der Waals surface area contributed by atoms with E-state index in [0.717, 1.165) is 4.47 Å². The summed E-state index contributed by atoms with van der Waals surface area (Å²) in [5.41, 5.74) is 5.61. The number of nitrogens with two attached hydrogens (primary N) is 1. The number of thiocarbonyl (C=S) groups is 1. The zero-order valence-electron chi connectivity index (χ0n) is 11.6. The first-order valence-corrected chi connectivity index (χ1v) is 7.72. The van der Waals surface area contributed by atoms with Crippen molar-refractivity contribution in [1.29, 1.82) is 0 Å². The van der Waals surface area contributed by atoms with Crippen molar-refractivity contribution in [3.8, 4) is 5.75 Å². The number of halogens is 1. The van der Waals surface area contributed by atoms with Gasteiger partial charge in [-0.3, -0.25) is 4.79 Å². The van der Waals surface area contributed by atoms with Crippen molar-refractivity contribution >= 4 is 44.7 Å². The van der Waals surface area contributed by atoms with Crippen molar-refractivity contribution in [2.24, 2.45) is 11.1 Å². The minimum atomic E-state index is -0.844. The van der Waals surface area contributed by atoms with Crippen LogP contribution in [0.2, 0.25) is 0 Å². The van der Waals surface area contributed by atoms with Crippen molar-refractivity contribution in [2.45, 2.75) is 12.8 Å². The van der Waals surface area contributed by atoms with Crippen LogP contribution in [0.25, 0.3) is 0 Å². The molecule has 3 N–H and O–H groups in total. The predicted molar refractivity (Wildman–Crippen MR) is 88.6 cm³/mol. The van der Waals surface area contributed by atoms with E-state index in [1.165, 1.54) is 0 Å². The third kappa shape index (κ3) is 3.53. The Bertz CT molecular complexity index is 559. The van der Waals surface area contributed by atoms with Crippen LogP contribution in [0.4, 0.5) is 5.69 Å². The molecular formula is C14H17BrN2O3S. The number of hydrogen-bond acceptors (Lipinski definition) is 4. The summed E-state index contributed by atoms with van der Waals surface area (Å²) in [4.78, 5) is 12.9. The van der Waals surface area contributed by atoms with Gasteiger partial charge in [0.25, 0.3) is 0 Å². The van der Waals surface area contributed by atoms with E-state index in [2.05, 4.69) is 21.2 Å². The van der Waals surface area contributed by atoms with E-state index >= 15 is 0 Å². The van der Waals surface area contributed by atoms with Crippen molar-refractivity contribution in [1.82, 2.24) is 0 Å². The van der Waals surface area contributed by atoms with Gasteiger partial charge >= 0.3 is 0 Å². The van der Waals surface area contributed by atoms with E-state index < -0.39 is 5.41 Å². The second-order valence-corrected chi connectivity index (χ2v) is 6.25. The first-order chi connectivity index (χ1) is 9.98. The summed E-state index contributed by atoms with van der Waals surface area (Å²) < 4.78 is 11.3. The molecule has 1 heterocycles. The Hall–Kier alpha value is -1.18. The molecule has 0 atom stereocenters. The van der Waals surface area contributed by atoms with Crippen LogP contribution in [0.5, 0.6) is 5.75 Å². The molecule has 5 nitrogen and oxygen atoms in total. The number of rotatable bonds is 4. The van der Waals surface area contributed by atoms with Gasteiger partial charge in [0, 0.05) is 29.4 Å². The van der Waals surface area contributed by atoms with E-state index in [1.54, 1.807) is 19.2 Å². The molecule has 0 radical (unpaired) electrons. The van der Waals surface area contributed by atoms with Crippen LogP contribution in [0.3, 0.4) is 0 Å². The van der Waals surface area contributed by atoms with Gasteiger partial charge in [0.05, 0.1) is 12.1 Å². The Balaban J connectivity index is 2.23. The Labute approximate surface area is 137 Å². The van der Waals surface area contributed by atoms with Gasteiger partial charge in [0.2, 0.25) is 5.91 Å². The highest BCUT2D eigenvalue weighted by Crippen LogP contribution is 2.33. The van der Waals surface area contributed by atoms with Gasteiger partial charge in [-0.25, -0.2) is 0 Å². The van der Waals surface area contributed by atoms with Gasteiger partial charge < -0.3 is 20.5 Å². The molecule has 0 saturated carbocycles. The molecule has 0 aliphatic carbocycles. The molecular weight excluding hydrogens is 356 g/mol. The van der Waals surface area contributed by atoms with Gasteiger partial charge in [0.15, 0.2) is 0 Å². The minimum absolute atomic E-state index is 0.196. The summed E-state index contributed by atoms with van der Waals surface area (Å²) in [7, 11) is 1.57. The average molecular weight is 373 g/mol. The molecule has 1 amide bonds. The van der Waals surface area contributed by atoms with Crippen molar-refractivity contribution in [2.75, 3.05) is 25.6 Å². The number of carbonyl (C=O) groups excluding carboxylic acids is 1. The predicted octanol–water partition coefficient (Wildman–Crippen LogP) is 2.48. The Morgan fingerprint density at radius 1 is 1.43 bits per heavy atom. The normalized spacial score (nSPS) is 17.0. The topological polar surface area (TPSA) is 73.6 Å². The third-order valence-corrected chi connectivity index (χ3v) is 4.47. The van der Waals surface area contributed by atoms with Gasteiger partial charge in [0.1, 0.15) is 11.2 Å². The fraction of sp³-hybridized carbons (Fsp3) is 0.429. The number of carbonyl (C=O) groups is 1. The number of amides is 1. The number of ether oxygens (including phenoxy) is 2. The van der Waals surface area contributed by atoms with Crippen LogP contribution >= 0.6 is 28.1 Å². The molecule has 2 rings (SSSR count). The molecule has 1 aromatic carbocycles. The second kappa shape index (κ2) is 6.72. The van der Waals surface area contributed by atoms with Crippen LogP contribution in [-0.4, -0.2) is 31.2 Å². The molecule has 114 valence electrons. The summed E-state index contributed by atoms with van der Waals surface area (Å²) in [6.45, 7) is 0.957. The molecule has 1 aliphatic rings. The number of benzene rings is 1. The molecule has 1 fully saturated rings. The first kappa shape index (κ1) is 16.2. The van der Waals surface area contributed by atoms with Crippen LogP contribution in [0.15, 0.2) is 22.7 Å². The van der Waals surface area contributed by atoms with E-state index in [9.17, 15) is 4.79 Å². The first-order valence-electron chi connectivity index (χ1n) is 6.51. The fourth-order valence-electron chi connectivity index (χ4n) is 2.31. The summed E-state index contributed by atoms with van der Waals surface area (Å²) in [5.74, 6) is 0.453. The zero-order chi connectivity index (χ0) is 15.5. The number of anilines is 1. The zero-order valence-corrected chi connectivity index (χ0v) is 14.1. The standard InChI is InChI=1S/C14H17BrN2O3S/c1-19-11-7-9(15)6-10(8-11)17-13(18)14(12(16)21)2-4-20-5-3-14/h6-8H,2-5H2,1H3,(H2,16,21)(H,17,18). The van der Waals surface area contributed by atoms with Gasteiger partial charge in [-0.05, 0) is 25.0 Å². The SMILES string of the molecule is COc1cc(Br)cc(NC(=O)C2(C(N)=S)CCOCC2)c1. The minimum Gasteiger partial charge on any atom is -0.497 e. The van der Waals surface area contributed by atoms with E-state index in [1.807, 2.05) is 6.07 Å². The maximum atomic E-state index is 12.7. The summed E-state index contributed by atoms with van der Waals surface area (Å²) in [6.07, 6.45) is 0.999.